The first kappa shape index (κ1) is 18.5. The average molecular weight is 350 g/mol. The van der Waals surface area contributed by atoms with Crippen molar-refractivity contribution >= 4 is 23.5 Å². The summed E-state index contributed by atoms with van der Waals surface area (Å²) in [6.45, 7) is 6.72. The first-order valence-corrected chi connectivity index (χ1v) is 7.44. The fourth-order valence-corrected chi connectivity index (χ4v) is 2.14. The molecule has 0 saturated carbocycles. The van der Waals surface area contributed by atoms with Gasteiger partial charge >= 0.3 is 11.9 Å². The van der Waals surface area contributed by atoms with Gasteiger partial charge in [0.15, 0.2) is 11.6 Å². The minimum absolute atomic E-state index is 0.0609. The van der Waals surface area contributed by atoms with Crippen molar-refractivity contribution in [2.24, 2.45) is 0 Å². The summed E-state index contributed by atoms with van der Waals surface area (Å²) in [6.07, 6.45) is 2.10. The van der Waals surface area contributed by atoms with E-state index in [-0.39, 0.29) is 22.3 Å². The van der Waals surface area contributed by atoms with Gasteiger partial charge in [-0.2, -0.15) is 0 Å². The Morgan fingerprint density at radius 2 is 0.923 bits per heavy atom. The molecule has 0 heterocycles. The van der Waals surface area contributed by atoms with E-state index in [9.17, 15) is 19.2 Å². The molecule has 0 fully saturated rings. The van der Waals surface area contributed by atoms with Crippen LogP contribution in [0.1, 0.15) is 41.4 Å². The molecule has 26 heavy (non-hydrogen) atoms. The van der Waals surface area contributed by atoms with Crippen LogP contribution in [-0.2, 0) is 9.78 Å². The highest BCUT2D eigenvalue weighted by molar-refractivity contribution is 6.12. The van der Waals surface area contributed by atoms with Crippen molar-refractivity contribution in [2.75, 3.05) is 0 Å². The number of ketones is 2. The molecule has 2 rings (SSSR count). The lowest BCUT2D eigenvalue weighted by molar-refractivity contribution is -0.187. The van der Waals surface area contributed by atoms with Crippen molar-refractivity contribution in [1.29, 1.82) is 0 Å². The average Bonchev–Trinajstić information content (AvgIpc) is 2.70. The third-order valence-corrected chi connectivity index (χ3v) is 3.39. The van der Waals surface area contributed by atoms with E-state index < -0.39 is 23.5 Å². The predicted octanol–water partition coefficient (Wildman–Crippen LogP) is 3.35. The summed E-state index contributed by atoms with van der Waals surface area (Å²) in [6, 6.07) is 11.7. The molecule has 0 N–H and O–H groups in total. The molecule has 0 aromatic heterocycles. The maximum atomic E-state index is 12.1. The van der Waals surface area contributed by atoms with Gasteiger partial charge in [-0.15, -0.1) is 0 Å². The fraction of sp³-hybridized carbons (Fsp3) is 0. The van der Waals surface area contributed by atoms with E-state index in [0.29, 0.717) is 0 Å². The van der Waals surface area contributed by atoms with Gasteiger partial charge in [-0.3, -0.25) is 9.59 Å². The highest BCUT2D eigenvalue weighted by atomic mass is 17.2. The van der Waals surface area contributed by atoms with E-state index in [1.165, 1.54) is 36.4 Å². The van der Waals surface area contributed by atoms with Crippen LogP contribution >= 0.6 is 0 Å². The van der Waals surface area contributed by atoms with Crippen LogP contribution in [-0.4, -0.2) is 23.5 Å². The van der Waals surface area contributed by atoms with Gasteiger partial charge in [-0.05, 0) is 24.3 Å². The van der Waals surface area contributed by atoms with Crippen LogP contribution in [0.25, 0.3) is 0 Å². The van der Waals surface area contributed by atoms with Crippen molar-refractivity contribution in [3.8, 4) is 0 Å². The van der Waals surface area contributed by atoms with Crippen LogP contribution in [0.15, 0.2) is 73.8 Å². The molecule has 0 bridgehead atoms. The molecule has 0 saturated heterocycles. The Kier molecular flexibility index (Phi) is 5.95. The summed E-state index contributed by atoms with van der Waals surface area (Å²) in [7, 11) is 0. The summed E-state index contributed by atoms with van der Waals surface area (Å²) >= 11 is 0. The molecule has 2 aromatic rings. The van der Waals surface area contributed by atoms with Gasteiger partial charge in [0.2, 0.25) is 0 Å². The highest BCUT2D eigenvalue weighted by Crippen LogP contribution is 2.15. The molecule has 6 heteroatoms. The number of carbonyl (C=O) groups excluding carboxylic acids is 4. The molecule has 0 aliphatic heterocycles. The quantitative estimate of drug-likeness (QED) is 0.344. The SMILES string of the molecule is C=CC(=O)c1ccccc1C(=O)OOC(=O)c1ccccc1C(=O)C=C. The largest absolute Gasteiger partial charge is 0.387 e. The fourth-order valence-electron chi connectivity index (χ4n) is 2.14. The predicted molar refractivity (Wildman–Crippen MR) is 92.8 cm³/mol. The Bertz CT molecular complexity index is 835. The van der Waals surface area contributed by atoms with Crippen molar-refractivity contribution < 1.29 is 29.0 Å². The second kappa shape index (κ2) is 8.34. The van der Waals surface area contributed by atoms with Crippen molar-refractivity contribution in [2.45, 2.75) is 0 Å². The summed E-state index contributed by atoms with van der Waals surface area (Å²) in [5, 5.41) is 0. The van der Waals surface area contributed by atoms with Crippen LogP contribution < -0.4 is 0 Å². The number of hydrogen-bond donors (Lipinski definition) is 0. The third kappa shape index (κ3) is 3.99. The molecule has 0 aliphatic rings. The third-order valence-electron chi connectivity index (χ3n) is 3.39. The van der Waals surface area contributed by atoms with Gasteiger partial charge in [0, 0.05) is 11.1 Å². The summed E-state index contributed by atoms with van der Waals surface area (Å²) in [4.78, 5) is 56.9. The smallest absolute Gasteiger partial charge is 0.289 e. The first-order valence-electron chi connectivity index (χ1n) is 7.44. The van der Waals surface area contributed by atoms with Gasteiger partial charge in [0.25, 0.3) is 0 Å². The molecule has 0 radical (unpaired) electrons. The number of carbonyl (C=O) groups is 4. The minimum atomic E-state index is -1.03. The van der Waals surface area contributed by atoms with E-state index in [1.54, 1.807) is 12.1 Å². The zero-order valence-electron chi connectivity index (χ0n) is 13.6. The normalized spacial score (nSPS) is 9.69. The van der Waals surface area contributed by atoms with E-state index in [0.717, 1.165) is 12.2 Å². The van der Waals surface area contributed by atoms with Gasteiger partial charge in [0.05, 0.1) is 11.1 Å². The second-order valence-electron chi connectivity index (χ2n) is 4.97. The summed E-state index contributed by atoms with van der Waals surface area (Å²) in [5.41, 5.74) is -0.0436. The topological polar surface area (TPSA) is 86.7 Å². The van der Waals surface area contributed by atoms with Crippen molar-refractivity contribution in [3.63, 3.8) is 0 Å². The molecule has 0 spiro atoms. The number of rotatable bonds is 6. The molecular weight excluding hydrogens is 336 g/mol. The Balaban J connectivity index is 2.18. The number of hydrogen-bond acceptors (Lipinski definition) is 6. The molecule has 0 atom stereocenters. The zero-order chi connectivity index (χ0) is 19.1. The lowest BCUT2D eigenvalue weighted by Crippen LogP contribution is -2.16. The van der Waals surface area contributed by atoms with Gasteiger partial charge in [0.1, 0.15) is 0 Å². The molecule has 0 unspecified atom stereocenters. The minimum Gasteiger partial charge on any atom is -0.289 e. The second-order valence-corrected chi connectivity index (χ2v) is 4.97. The molecular formula is C20H14O6. The van der Waals surface area contributed by atoms with Crippen LogP contribution in [0.3, 0.4) is 0 Å². The summed E-state index contributed by atoms with van der Waals surface area (Å²) in [5.74, 6) is -3.02. The summed E-state index contributed by atoms with van der Waals surface area (Å²) < 4.78 is 0. The lowest BCUT2D eigenvalue weighted by atomic mass is 10.0. The van der Waals surface area contributed by atoms with Crippen LogP contribution in [0, 0.1) is 0 Å². The molecule has 0 amide bonds. The Labute approximate surface area is 149 Å². The Hall–Kier alpha value is -3.80. The Morgan fingerprint density at radius 1 is 0.615 bits per heavy atom. The first-order chi connectivity index (χ1) is 12.5. The standard InChI is InChI=1S/C20H14O6/c1-3-17(21)13-9-5-7-11-15(13)19(23)25-26-20(24)16-12-8-6-10-14(16)18(22)4-2/h3-12H,1-2H2. The highest BCUT2D eigenvalue weighted by Gasteiger charge is 2.21. The van der Waals surface area contributed by atoms with Gasteiger partial charge < -0.3 is 0 Å². The van der Waals surface area contributed by atoms with Crippen LogP contribution in [0.4, 0.5) is 0 Å². The van der Waals surface area contributed by atoms with Crippen LogP contribution in [0.2, 0.25) is 0 Å². The maximum Gasteiger partial charge on any atom is 0.387 e. The van der Waals surface area contributed by atoms with Crippen LogP contribution in [0.5, 0.6) is 0 Å². The van der Waals surface area contributed by atoms with E-state index >= 15 is 0 Å². The van der Waals surface area contributed by atoms with Crippen molar-refractivity contribution in [1.82, 2.24) is 0 Å². The Morgan fingerprint density at radius 3 is 1.23 bits per heavy atom. The van der Waals surface area contributed by atoms with Gasteiger partial charge in [-0.1, -0.05) is 49.6 Å². The van der Waals surface area contributed by atoms with Crippen molar-refractivity contribution in [3.05, 3.63) is 96.1 Å². The van der Waals surface area contributed by atoms with E-state index in [1.807, 2.05) is 0 Å². The molecule has 2 aromatic carbocycles. The number of allylic oxidation sites excluding steroid dienone is 2. The lowest BCUT2D eigenvalue weighted by Gasteiger charge is -2.08. The van der Waals surface area contributed by atoms with E-state index in [4.69, 9.17) is 0 Å². The monoisotopic (exact) mass is 350 g/mol. The number of benzene rings is 2. The van der Waals surface area contributed by atoms with Gasteiger partial charge in [-0.25, -0.2) is 19.4 Å². The molecule has 6 nitrogen and oxygen atoms in total. The molecule has 0 aliphatic carbocycles. The zero-order valence-corrected chi connectivity index (χ0v) is 13.6. The molecule has 130 valence electrons. The maximum absolute atomic E-state index is 12.1. The van der Waals surface area contributed by atoms with E-state index in [2.05, 4.69) is 22.9 Å².